The molecule has 8 heteroatoms. The number of hydrogen-bond acceptors (Lipinski definition) is 6. The number of rotatable bonds is 5. The van der Waals surface area contributed by atoms with Crippen LogP contribution in [0, 0.1) is 6.92 Å². The summed E-state index contributed by atoms with van der Waals surface area (Å²) in [6, 6.07) is 1.61. The van der Waals surface area contributed by atoms with Crippen LogP contribution in [0.25, 0.3) is 0 Å². The summed E-state index contributed by atoms with van der Waals surface area (Å²) < 4.78 is 26.9. The molecule has 0 spiro atoms. The van der Waals surface area contributed by atoms with E-state index >= 15 is 0 Å². The Morgan fingerprint density at radius 2 is 2.21 bits per heavy atom. The topological polar surface area (TPSA) is 84.0 Å². The van der Waals surface area contributed by atoms with E-state index in [1.165, 1.54) is 23.7 Å². The summed E-state index contributed by atoms with van der Waals surface area (Å²) in [5, 5.41) is 5.45. The second-order valence-electron chi connectivity index (χ2n) is 3.83. The Morgan fingerprint density at radius 3 is 2.84 bits per heavy atom. The van der Waals surface area contributed by atoms with Crippen molar-refractivity contribution in [1.29, 1.82) is 0 Å². The van der Waals surface area contributed by atoms with Gasteiger partial charge >= 0.3 is 0 Å². The predicted octanol–water partition coefficient (Wildman–Crippen LogP) is 1.37. The minimum Gasteiger partial charge on any atom is -0.387 e. The number of thiazole rings is 1. The zero-order valence-corrected chi connectivity index (χ0v) is 12.2. The molecule has 0 aliphatic rings. The highest BCUT2D eigenvalue weighted by Crippen LogP contribution is 2.19. The number of pyridine rings is 1. The third-order valence-corrected chi connectivity index (χ3v) is 4.82. The summed E-state index contributed by atoms with van der Waals surface area (Å²) in [5.74, 6) is 0. The average molecular weight is 298 g/mol. The number of anilines is 1. The molecule has 6 nitrogen and oxygen atoms in total. The largest absolute Gasteiger partial charge is 0.387 e. The number of sulfonamides is 1. The summed E-state index contributed by atoms with van der Waals surface area (Å²) in [6.07, 6.45) is 2.86. The molecular weight excluding hydrogens is 284 g/mol. The highest BCUT2D eigenvalue weighted by atomic mass is 32.2. The minimum absolute atomic E-state index is 0.130. The van der Waals surface area contributed by atoms with Gasteiger partial charge in [0.1, 0.15) is 9.90 Å². The summed E-state index contributed by atoms with van der Waals surface area (Å²) >= 11 is 1.43. The molecule has 2 heterocycles. The molecule has 0 saturated carbocycles. The molecule has 0 radical (unpaired) electrons. The second-order valence-corrected chi connectivity index (χ2v) is 6.51. The number of nitrogens with zero attached hydrogens (tertiary/aromatic N) is 2. The lowest BCUT2D eigenvalue weighted by atomic mass is 10.4. The van der Waals surface area contributed by atoms with Gasteiger partial charge in [0.25, 0.3) is 0 Å². The van der Waals surface area contributed by atoms with Crippen LogP contribution in [0.2, 0.25) is 0 Å². The SMILES string of the molecule is CNc1ccncc1S(=O)(=O)NCc1nc(C)cs1. The summed E-state index contributed by atoms with van der Waals surface area (Å²) in [7, 11) is -1.94. The van der Waals surface area contributed by atoms with E-state index in [0.29, 0.717) is 5.69 Å². The fourth-order valence-electron chi connectivity index (χ4n) is 1.52. The molecule has 2 aromatic rings. The van der Waals surface area contributed by atoms with E-state index in [-0.39, 0.29) is 11.4 Å². The standard InChI is InChI=1S/C11H14N4O2S2/c1-8-7-18-11(15-8)6-14-19(16,17)10-5-13-4-3-9(10)12-2/h3-5,7,14H,6H2,1-2H3,(H,12,13). The Labute approximate surface area is 116 Å². The van der Waals surface area contributed by atoms with Gasteiger partial charge in [0.2, 0.25) is 10.0 Å². The molecule has 102 valence electrons. The minimum atomic E-state index is -3.60. The van der Waals surface area contributed by atoms with Crippen LogP contribution in [0.15, 0.2) is 28.7 Å². The first-order chi connectivity index (χ1) is 9.03. The molecular formula is C11H14N4O2S2. The van der Waals surface area contributed by atoms with E-state index in [2.05, 4.69) is 20.0 Å². The number of aryl methyl sites for hydroxylation is 1. The van der Waals surface area contributed by atoms with Crippen molar-refractivity contribution in [2.75, 3.05) is 12.4 Å². The van der Waals surface area contributed by atoms with Gasteiger partial charge in [0, 0.05) is 30.5 Å². The first kappa shape index (κ1) is 13.9. The molecule has 19 heavy (non-hydrogen) atoms. The van der Waals surface area contributed by atoms with Crippen molar-refractivity contribution in [2.45, 2.75) is 18.4 Å². The fourth-order valence-corrected chi connectivity index (χ4v) is 3.46. The molecule has 2 N–H and O–H groups in total. The third-order valence-electron chi connectivity index (χ3n) is 2.42. The van der Waals surface area contributed by atoms with Gasteiger partial charge in [0.05, 0.1) is 12.2 Å². The van der Waals surface area contributed by atoms with Gasteiger partial charge in [-0.25, -0.2) is 18.1 Å². The van der Waals surface area contributed by atoms with Gasteiger partial charge < -0.3 is 5.32 Å². The maximum atomic E-state index is 12.2. The molecule has 0 aliphatic carbocycles. The number of nitrogens with one attached hydrogen (secondary N) is 2. The second kappa shape index (κ2) is 5.64. The first-order valence-electron chi connectivity index (χ1n) is 5.55. The van der Waals surface area contributed by atoms with Crippen LogP contribution in [-0.2, 0) is 16.6 Å². The van der Waals surface area contributed by atoms with Crippen LogP contribution in [0.4, 0.5) is 5.69 Å². The van der Waals surface area contributed by atoms with Crippen molar-refractivity contribution in [3.05, 3.63) is 34.5 Å². The fraction of sp³-hybridized carbons (Fsp3) is 0.273. The number of hydrogen-bond donors (Lipinski definition) is 2. The third kappa shape index (κ3) is 3.28. The van der Waals surface area contributed by atoms with Crippen molar-refractivity contribution in [1.82, 2.24) is 14.7 Å². The van der Waals surface area contributed by atoms with Crippen LogP contribution < -0.4 is 10.0 Å². The molecule has 0 aromatic carbocycles. The first-order valence-corrected chi connectivity index (χ1v) is 7.91. The molecule has 0 fully saturated rings. The Bertz CT molecular complexity index is 667. The lowest BCUT2D eigenvalue weighted by Gasteiger charge is -2.09. The quantitative estimate of drug-likeness (QED) is 0.871. The van der Waals surface area contributed by atoms with Crippen LogP contribution in [0.1, 0.15) is 10.7 Å². The van der Waals surface area contributed by atoms with Crippen molar-refractivity contribution in [3.8, 4) is 0 Å². The van der Waals surface area contributed by atoms with Crippen LogP contribution in [0.5, 0.6) is 0 Å². The average Bonchev–Trinajstić information content (AvgIpc) is 2.82. The van der Waals surface area contributed by atoms with Crippen LogP contribution in [0.3, 0.4) is 0 Å². The lowest BCUT2D eigenvalue weighted by molar-refractivity contribution is 0.581. The van der Waals surface area contributed by atoms with E-state index in [0.717, 1.165) is 10.7 Å². The van der Waals surface area contributed by atoms with Gasteiger partial charge in [-0.1, -0.05) is 0 Å². The van der Waals surface area contributed by atoms with Crippen molar-refractivity contribution < 1.29 is 8.42 Å². The van der Waals surface area contributed by atoms with E-state index in [1.807, 2.05) is 12.3 Å². The highest BCUT2D eigenvalue weighted by molar-refractivity contribution is 7.89. The monoisotopic (exact) mass is 298 g/mol. The maximum absolute atomic E-state index is 12.2. The number of aromatic nitrogens is 2. The zero-order chi connectivity index (χ0) is 13.9. The smallest absolute Gasteiger partial charge is 0.244 e. The maximum Gasteiger partial charge on any atom is 0.244 e. The predicted molar refractivity (Wildman–Crippen MR) is 74.7 cm³/mol. The van der Waals surface area contributed by atoms with Crippen molar-refractivity contribution >= 4 is 27.0 Å². The highest BCUT2D eigenvalue weighted by Gasteiger charge is 2.18. The normalized spacial score (nSPS) is 11.5. The Kier molecular flexibility index (Phi) is 4.13. The lowest BCUT2D eigenvalue weighted by Crippen LogP contribution is -2.24. The van der Waals surface area contributed by atoms with Gasteiger partial charge in [-0.2, -0.15) is 0 Å². The van der Waals surface area contributed by atoms with Gasteiger partial charge in [-0.15, -0.1) is 11.3 Å². The van der Waals surface area contributed by atoms with Crippen LogP contribution in [-0.4, -0.2) is 25.4 Å². The Hall–Kier alpha value is -1.51. The Balaban J connectivity index is 2.18. The van der Waals surface area contributed by atoms with E-state index in [1.54, 1.807) is 13.1 Å². The van der Waals surface area contributed by atoms with Crippen molar-refractivity contribution in [2.24, 2.45) is 0 Å². The molecule has 0 amide bonds. The summed E-state index contributed by atoms with van der Waals surface area (Å²) in [5.41, 5.74) is 1.40. The van der Waals surface area contributed by atoms with Gasteiger partial charge in [-0.05, 0) is 13.0 Å². The van der Waals surface area contributed by atoms with E-state index in [4.69, 9.17) is 0 Å². The summed E-state index contributed by atoms with van der Waals surface area (Å²) in [6.45, 7) is 2.05. The molecule has 0 saturated heterocycles. The molecule has 0 atom stereocenters. The van der Waals surface area contributed by atoms with E-state index < -0.39 is 10.0 Å². The summed E-state index contributed by atoms with van der Waals surface area (Å²) in [4.78, 5) is 8.19. The van der Waals surface area contributed by atoms with E-state index in [9.17, 15) is 8.42 Å². The molecule has 2 aromatic heterocycles. The van der Waals surface area contributed by atoms with Crippen molar-refractivity contribution in [3.63, 3.8) is 0 Å². The molecule has 0 unspecified atom stereocenters. The molecule has 2 rings (SSSR count). The molecule has 0 bridgehead atoms. The van der Waals surface area contributed by atoms with Gasteiger partial charge in [0.15, 0.2) is 0 Å². The Morgan fingerprint density at radius 1 is 1.42 bits per heavy atom. The molecule has 0 aliphatic heterocycles. The van der Waals surface area contributed by atoms with Crippen LogP contribution >= 0.6 is 11.3 Å². The van der Waals surface area contributed by atoms with Gasteiger partial charge in [-0.3, -0.25) is 4.98 Å². The zero-order valence-electron chi connectivity index (χ0n) is 10.5.